The van der Waals surface area contributed by atoms with E-state index in [-0.39, 0.29) is 0 Å². The summed E-state index contributed by atoms with van der Waals surface area (Å²) in [7, 11) is 0. The molecule has 1 rings (SSSR count). The molecule has 0 saturated carbocycles. The molecule has 2 N–H and O–H groups in total. The lowest BCUT2D eigenvalue weighted by atomic mass is 10.1. The number of nitrogens with zero attached hydrogens (tertiary/aromatic N) is 1. The van der Waals surface area contributed by atoms with Crippen LogP contribution in [0.2, 0.25) is 0 Å². The average Bonchev–Trinajstić information content (AvgIpc) is 2.29. The van der Waals surface area contributed by atoms with Gasteiger partial charge in [-0.1, -0.05) is 25.1 Å². The van der Waals surface area contributed by atoms with Crippen LogP contribution in [0.3, 0.4) is 0 Å². The molecule has 1 aromatic carbocycles. The lowest BCUT2D eigenvalue weighted by Gasteiger charge is -2.20. The van der Waals surface area contributed by atoms with Crippen LogP contribution in [0, 0.1) is 13.8 Å². The number of aryl methyl sites for hydroxylation is 2. The molecule has 0 aromatic heterocycles. The first-order chi connectivity index (χ1) is 7.67. The van der Waals surface area contributed by atoms with E-state index in [2.05, 4.69) is 43.9 Å². The molecule has 0 aliphatic carbocycles. The van der Waals surface area contributed by atoms with E-state index in [9.17, 15) is 0 Å². The van der Waals surface area contributed by atoms with Gasteiger partial charge in [-0.3, -0.25) is 4.90 Å². The zero-order valence-electron chi connectivity index (χ0n) is 10.8. The van der Waals surface area contributed by atoms with Crippen molar-refractivity contribution in [1.82, 2.24) is 4.90 Å². The molecule has 0 amide bonds. The van der Waals surface area contributed by atoms with Crippen molar-refractivity contribution in [3.05, 3.63) is 34.9 Å². The minimum atomic E-state index is 0.781. The van der Waals surface area contributed by atoms with Crippen molar-refractivity contribution in [2.75, 3.05) is 19.6 Å². The summed E-state index contributed by atoms with van der Waals surface area (Å²) in [6, 6.07) is 6.73. The van der Waals surface area contributed by atoms with Crippen molar-refractivity contribution in [3.63, 3.8) is 0 Å². The highest BCUT2D eigenvalue weighted by Gasteiger charge is 2.03. The Kier molecular flexibility index (Phi) is 5.50. The lowest BCUT2D eigenvalue weighted by Crippen LogP contribution is -2.25. The van der Waals surface area contributed by atoms with Crippen molar-refractivity contribution in [1.29, 1.82) is 0 Å². The molecule has 90 valence electrons. The molecule has 0 heterocycles. The van der Waals surface area contributed by atoms with Crippen molar-refractivity contribution in [3.8, 4) is 0 Å². The quantitative estimate of drug-likeness (QED) is 0.798. The summed E-state index contributed by atoms with van der Waals surface area (Å²) in [5, 5.41) is 0. The van der Waals surface area contributed by atoms with E-state index in [1.807, 2.05) is 0 Å². The summed E-state index contributed by atoms with van der Waals surface area (Å²) in [5.74, 6) is 0. The molecule has 2 heteroatoms. The highest BCUT2D eigenvalue weighted by atomic mass is 15.1. The Morgan fingerprint density at radius 3 is 2.50 bits per heavy atom. The first-order valence-electron chi connectivity index (χ1n) is 6.16. The summed E-state index contributed by atoms with van der Waals surface area (Å²) in [5.41, 5.74) is 9.70. The predicted octanol–water partition coefficient (Wildman–Crippen LogP) is 2.47. The van der Waals surface area contributed by atoms with Gasteiger partial charge < -0.3 is 5.73 Å². The number of hydrogen-bond donors (Lipinski definition) is 1. The minimum Gasteiger partial charge on any atom is -0.330 e. The Hall–Kier alpha value is -0.860. The number of benzene rings is 1. The summed E-state index contributed by atoms with van der Waals surface area (Å²) in [6.07, 6.45) is 1.08. The topological polar surface area (TPSA) is 29.3 Å². The number of hydrogen-bond acceptors (Lipinski definition) is 2. The second-order valence-corrected chi connectivity index (χ2v) is 4.43. The molecule has 0 aliphatic rings. The molecule has 0 fully saturated rings. The molecule has 0 aliphatic heterocycles. The molecule has 16 heavy (non-hydrogen) atoms. The highest BCUT2D eigenvalue weighted by molar-refractivity contribution is 5.29. The third-order valence-corrected chi connectivity index (χ3v) is 3.10. The van der Waals surface area contributed by atoms with Crippen LogP contribution in [0.1, 0.15) is 30.0 Å². The monoisotopic (exact) mass is 220 g/mol. The van der Waals surface area contributed by atoms with Crippen LogP contribution in [0.5, 0.6) is 0 Å². The minimum absolute atomic E-state index is 0.781. The van der Waals surface area contributed by atoms with E-state index >= 15 is 0 Å². The van der Waals surface area contributed by atoms with Gasteiger partial charge in [0.2, 0.25) is 0 Å². The van der Waals surface area contributed by atoms with Gasteiger partial charge >= 0.3 is 0 Å². The van der Waals surface area contributed by atoms with E-state index in [0.717, 1.165) is 32.6 Å². The third-order valence-electron chi connectivity index (χ3n) is 3.10. The maximum absolute atomic E-state index is 5.54. The Bertz CT molecular complexity index is 321. The largest absolute Gasteiger partial charge is 0.330 e. The molecule has 1 aromatic rings. The standard InChI is InChI=1S/C14H24N2/c1-4-16(9-5-8-15)11-14-7-6-12(2)13(3)10-14/h6-7,10H,4-5,8-9,11,15H2,1-3H3. The molecular weight excluding hydrogens is 196 g/mol. The SMILES string of the molecule is CCN(CCCN)Cc1ccc(C)c(C)c1. The van der Waals surface area contributed by atoms with Gasteiger partial charge in [0.25, 0.3) is 0 Å². The predicted molar refractivity (Wildman–Crippen MR) is 70.5 cm³/mol. The van der Waals surface area contributed by atoms with Gasteiger partial charge in [0.1, 0.15) is 0 Å². The summed E-state index contributed by atoms with van der Waals surface area (Å²) >= 11 is 0. The fourth-order valence-electron chi connectivity index (χ4n) is 1.82. The van der Waals surface area contributed by atoms with E-state index in [1.54, 1.807) is 0 Å². The fourth-order valence-corrected chi connectivity index (χ4v) is 1.82. The molecule has 0 spiro atoms. The lowest BCUT2D eigenvalue weighted by molar-refractivity contribution is 0.278. The highest BCUT2D eigenvalue weighted by Crippen LogP contribution is 2.12. The van der Waals surface area contributed by atoms with Crippen LogP contribution in [0.4, 0.5) is 0 Å². The van der Waals surface area contributed by atoms with Gasteiger partial charge in [-0.05, 0) is 56.6 Å². The van der Waals surface area contributed by atoms with Gasteiger partial charge in [-0.2, -0.15) is 0 Å². The van der Waals surface area contributed by atoms with E-state index in [4.69, 9.17) is 5.73 Å². The molecular formula is C14H24N2. The first kappa shape index (κ1) is 13.2. The second-order valence-electron chi connectivity index (χ2n) is 4.43. The first-order valence-corrected chi connectivity index (χ1v) is 6.16. The van der Waals surface area contributed by atoms with Crippen LogP contribution in [0.15, 0.2) is 18.2 Å². The van der Waals surface area contributed by atoms with Crippen LogP contribution < -0.4 is 5.73 Å². The normalized spacial score (nSPS) is 11.1. The van der Waals surface area contributed by atoms with Crippen molar-refractivity contribution in [2.24, 2.45) is 5.73 Å². The smallest absolute Gasteiger partial charge is 0.0233 e. The molecule has 0 atom stereocenters. The Morgan fingerprint density at radius 1 is 1.19 bits per heavy atom. The van der Waals surface area contributed by atoms with Gasteiger partial charge in [0.05, 0.1) is 0 Å². The summed E-state index contributed by atoms with van der Waals surface area (Å²) in [6.45, 7) is 10.5. The van der Waals surface area contributed by atoms with E-state index in [1.165, 1.54) is 16.7 Å². The van der Waals surface area contributed by atoms with Gasteiger partial charge in [0, 0.05) is 6.54 Å². The van der Waals surface area contributed by atoms with Crippen LogP contribution >= 0.6 is 0 Å². The number of nitrogens with two attached hydrogens (primary N) is 1. The molecule has 0 unspecified atom stereocenters. The summed E-state index contributed by atoms with van der Waals surface area (Å²) < 4.78 is 0. The third kappa shape index (κ3) is 3.95. The van der Waals surface area contributed by atoms with Gasteiger partial charge in [0.15, 0.2) is 0 Å². The van der Waals surface area contributed by atoms with Crippen LogP contribution in [-0.2, 0) is 6.54 Å². The van der Waals surface area contributed by atoms with Crippen molar-refractivity contribution in [2.45, 2.75) is 33.7 Å². The maximum atomic E-state index is 5.54. The van der Waals surface area contributed by atoms with Crippen LogP contribution in [-0.4, -0.2) is 24.5 Å². The van der Waals surface area contributed by atoms with Crippen LogP contribution in [0.25, 0.3) is 0 Å². The molecule has 0 bridgehead atoms. The summed E-state index contributed by atoms with van der Waals surface area (Å²) in [4.78, 5) is 2.44. The Balaban J connectivity index is 2.59. The molecule has 0 radical (unpaired) electrons. The Morgan fingerprint density at radius 2 is 1.94 bits per heavy atom. The van der Waals surface area contributed by atoms with E-state index < -0.39 is 0 Å². The Labute approximate surface area is 99.5 Å². The van der Waals surface area contributed by atoms with Crippen molar-refractivity contribution >= 4 is 0 Å². The zero-order valence-corrected chi connectivity index (χ0v) is 10.8. The van der Waals surface area contributed by atoms with E-state index in [0.29, 0.717) is 0 Å². The van der Waals surface area contributed by atoms with Gasteiger partial charge in [-0.15, -0.1) is 0 Å². The number of rotatable bonds is 6. The van der Waals surface area contributed by atoms with Crippen molar-refractivity contribution < 1.29 is 0 Å². The fraction of sp³-hybridized carbons (Fsp3) is 0.571. The second kappa shape index (κ2) is 6.66. The van der Waals surface area contributed by atoms with Gasteiger partial charge in [-0.25, -0.2) is 0 Å². The molecule has 2 nitrogen and oxygen atoms in total. The molecule has 0 saturated heterocycles. The average molecular weight is 220 g/mol. The zero-order chi connectivity index (χ0) is 12.0. The maximum Gasteiger partial charge on any atom is 0.0233 e.